The molecule has 5 heteroatoms. The number of para-hydroxylation sites is 2. The predicted molar refractivity (Wildman–Crippen MR) is 123 cm³/mol. The lowest BCUT2D eigenvalue weighted by Gasteiger charge is -2.14. The molecular formula is C24H27Cl2NO2. The van der Waals surface area contributed by atoms with Gasteiger partial charge in [-0.2, -0.15) is 0 Å². The van der Waals surface area contributed by atoms with Crippen molar-refractivity contribution in [3.05, 3.63) is 81.4 Å². The number of allylic oxidation sites excluding steroid dienone is 3. The van der Waals surface area contributed by atoms with Gasteiger partial charge in [-0.1, -0.05) is 64.7 Å². The van der Waals surface area contributed by atoms with Gasteiger partial charge >= 0.3 is 5.97 Å². The van der Waals surface area contributed by atoms with Gasteiger partial charge in [0.2, 0.25) is 0 Å². The number of ether oxygens (including phenoxy) is 1. The van der Waals surface area contributed by atoms with Crippen molar-refractivity contribution in [2.24, 2.45) is 0 Å². The van der Waals surface area contributed by atoms with Gasteiger partial charge in [0, 0.05) is 5.69 Å². The predicted octanol–water partition coefficient (Wildman–Crippen LogP) is 7.52. The van der Waals surface area contributed by atoms with Crippen LogP contribution in [0, 0.1) is 0 Å². The molecule has 0 fully saturated rings. The van der Waals surface area contributed by atoms with Crippen LogP contribution < -0.4 is 5.32 Å². The van der Waals surface area contributed by atoms with Gasteiger partial charge < -0.3 is 10.1 Å². The fourth-order valence-corrected chi connectivity index (χ4v) is 3.21. The average Bonchev–Trinajstić information content (AvgIpc) is 2.66. The molecule has 0 radical (unpaired) electrons. The number of halogens is 2. The summed E-state index contributed by atoms with van der Waals surface area (Å²) in [6.07, 6.45) is 6.30. The molecule has 0 saturated carbocycles. The van der Waals surface area contributed by atoms with Crippen molar-refractivity contribution in [3.63, 3.8) is 0 Å². The molecule has 0 spiro atoms. The molecule has 0 amide bonds. The number of rotatable bonds is 9. The lowest BCUT2D eigenvalue weighted by Crippen LogP contribution is -2.10. The Hall–Kier alpha value is -2.23. The maximum Gasteiger partial charge on any atom is 0.310 e. The Morgan fingerprint density at radius 1 is 1.00 bits per heavy atom. The molecule has 0 bridgehead atoms. The third-order valence-electron chi connectivity index (χ3n) is 4.34. The lowest BCUT2D eigenvalue weighted by molar-refractivity contribution is -0.141. The molecule has 0 saturated heterocycles. The van der Waals surface area contributed by atoms with Crippen LogP contribution in [0.4, 0.5) is 11.4 Å². The molecule has 0 heterocycles. The molecule has 154 valence electrons. The van der Waals surface area contributed by atoms with Gasteiger partial charge in [-0.05, 0) is 63.5 Å². The van der Waals surface area contributed by atoms with Crippen LogP contribution in [-0.2, 0) is 16.0 Å². The van der Waals surface area contributed by atoms with Crippen LogP contribution >= 0.6 is 23.2 Å². The van der Waals surface area contributed by atoms with Crippen molar-refractivity contribution in [3.8, 4) is 0 Å². The summed E-state index contributed by atoms with van der Waals surface area (Å²) < 4.78 is 5.39. The van der Waals surface area contributed by atoms with Crippen molar-refractivity contribution in [2.45, 2.75) is 40.0 Å². The minimum absolute atomic E-state index is 0.163. The summed E-state index contributed by atoms with van der Waals surface area (Å²) in [6.45, 7) is 6.52. The Morgan fingerprint density at radius 2 is 1.69 bits per heavy atom. The highest BCUT2D eigenvalue weighted by Gasteiger charge is 2.11. The van der Waals surface area contributed by atoms with Crippen LogP contribution in [0.3, 0.4) is 0 Å². The first kappa shape index (κ1) is 23.1. The number of hydrogen-bond donors (Lipinski definition) is 1. The largest absolute Gasteiger partial charge is 0.461 e. The van der Waals surface area contributed by atoms with Crippen LogP contribution in [-0.4, -0.2) is 12.6 Å². The molecule has 2 aromatic carbocycles. The number of carbonyl (C=O) groups excluding carboxylic acids is 1. The molecule has 2 aromatic rings. The van der Waals surface area contributed by atoms with Crippen LogP contribution in [0.15, 0.2) is 65.8 Å². The van der Waals surface area contributed by atoms with Gasteiger partial charge in [-0.25, -0.2) is 0 Å². The van der Waals surface area contributed by atoms with Crippen molar-refractivity contribution < 1.29 is 9.53 Å². The molecule has 0 unspecified atom stereocenters. The first-order chi connectivity index (χ1) is 13.9. The first-order valence-electron chi connectivity index (χ1n) is 9.60. The highest BCUT2D eigenvalue weighted by atomic mass is 35.5. The summed E-state index contributed by atoms with van der Waals surface area (Å²) in [5.41, 5.74) is 4.73. The lowest BCUT2D eigenvalue weighted by atomic mass is 10.1. The van der Waals surface area contributed by atoms with E-state index < -0.39 is 0 Å². The van der Waals surface area contributed by atoms with Crippen LogP contribution in [0.25, 0.3) is 0 Å². The van der Waals surface area contributed by atoms with E-state index in [0.717, 1.165) is 24.1 Å². The molecule has 0 aliphatic carbocycles. The molecule has 1 N–H and O–H groups in total. The normalized spacial score (nSPS) is 11.1. The fourth-order valence-electron chi connectivity index (χ4n) is 2.72. The average molecular weight is 432 g/mol. The Kier molecular flexibility index (Phi) is 9.30. The van der Waals surface area contributed by atoms with Gasteiger partial charge in [-0.15, -0.1) is 0 Å². The second-order valence-corrected chi connectivity index (χ2v) is 7.92. The maximum absolute atomic E-state index is 12.3. The highest BCUT2D eigenvalue weighted by Crippen LogP contribution is 2.33. The van der Waals surface area contributed by atoms with E-state index in [1.165, 1.54) is 11.1 Å². The monoisotopic (exact) mass is 431 g/mol. The van der Waals surface area contributed by atoms with E-state index in [2.05, 4.69) is 32.2 Å². The van der Waals surface area contributed by atoms with E-state index >= 15 is 0 Å². The minimum Gasteiger partial charge on any atom is -0.461 e. The zero-order chi connectivity index (χ0) is 21.2. The molecule has 0 aliphatic heterocycles. The summed E-state index contributed by atoms with van der Waals surface area (Å²) in [6, 6.07) is 12.9. The topological polar surface area (TPSA) is 38.3 Å². The summed E-state index contributed by atoms with van der Waals surface area (Å²) in [4.78, 5) is 12.3. The Labute approximate surface area is 183 Å². The quantitative estimate of drug-likeness (QED) is 0.329. The number of nitrogens with one attached hydrogen (secondary N) is 1. The van der Waals surface area contributed by atoms with Crippen LogP contribution in [0.2, 0.25) is 10.0 Å². The van der Waals surface area contributed by atoms with Gasteiger partial charge in [0.25, 0.3) is 0 Å². The summed E-state index contributed by atoms with van der Waals surface area (Å²) in [5, 5.41) is 4.27. The van der Waals surface area contributed by atoms with Crippen LogP contribution in [0.1, 0.15) is 39.2 Å². The third-order valence-corrected chi connectivity index (χ3v) is 4.97. The smallest absolute Gasteiger partial charge is 0.310 e. The highest BCUT2D eigenvalue weighted by molar-refractivity contribution is 6.39. The second kappa shape index (κ2) is 11.7. The summed E-state index contributed by atoms with van der Waals surface area (Å²) in [5.74, 6) is -0.280. The first-order valence-corrected chi connectivity index (χ1v) is 10.4. The standard InChI is InChI=1S/C24H27Cl2NO2/c1-17(2)8-6-9-18(3)14-15-29-23(28)16-19-10-4-5-13-22(19)27-24-20(25)11-7-12-21(24)26/h4-5,7-8,10-14,27H,6,9,15-16H2,1-3H3/b18-14+. The number of esters is 1. The van der Waals surface area contributed by atoms with Gasteiger partial charge in [0.1, 0.15) is 6.61 Å². The SMILES string of the molecule is CC(C)=CCC/C(C)=C/COC(=O)Cc1ccccc1Nc1c(Cl)cccc1Cl. The number of carbonyl (C=O) groups is 1. The third kappa shape index (κ3) is 7.96. The molecule has 3 nitrogen and oxygen atoms in total. The van der Waals surface area contributed by atoms with Crippen molar-refractivity contribution >= 4 is 40.5 Å². The van der Waals surface area contributed by atoms with E-state index in [4.69, 9.17) is 27.9 Å². The molecule has 0 atom stereocenters. The van der Waals surface area contributed by atoms with E-state index in [1.807, 2.05) is 30.3 Å². The maximum atomic E-state index is 12.3. The molecular weight excluding hydrogens is 405 g/mol. The van der Waals surface area contributed by atoms with E-state index in [1.54, 1.807) is 18.2 Å². The van der Waals surface area contributed by atoms with Gasteiger partial charge in [0.05, 0.1) is 22.2 Å². The van der Waals surface area contributed by atoms with E-state index in [-0.39, 0.29) is 19.0 Å². The fraction of sp³-hybridized carbons (Fsp3) is 0.292. The van der Waals surface area contributed by atoms with E-state index in [9.17, 15) is 4.79 Å². The number of benzene rings is 2. The van der Waals surface area contributed by atoms with Crippen molar-refractivity contribution in [2.75, 3.05) is 11.9 Å². The number of hydrogen-bond acceptors (Lipinski definition) is 3. The zero-order valence-electron chi connectivity index (χ0n) is 17.1. The number of anilines is 2. The molecule has 0 aliphatic rings. The Bertz CT molecular complexity index is 879. The zero-order valence-corrected chi connectivity index (χ0v) is 18.6. The molecule has 0 aromatic heterocycles. The van der Waals surface area contributed by atoms with Crippen molar-refractivity contribution in [1.29, 1.82) is 0 Å². The van der Waals surface area contributed by atoms with Gasteiger partial charge in [0.15, 0.2) is 0 Å². The molecule has 29 heavy (non-hydrogen) atoms. The Morgan fingerprint density at radius 3 is 2.38 bits per heavy atom. The Balaban J connectivity index is 1.95. The molecule has 2 rings (SSSR count). The summed E-state index contributed by atoms with van der Waals surface area (Å²) in [7, 11) is 0. The minimum atomic E-state index is -0.280. The van der Waals surface area contributed by atoms with E-state index in [0.29, 0.717) is 15.7 Å². The van der Waals surface area contributed by atoms with Crippen molar-refractivity contribution in [1.82, 2.24) is 0 Å². The van der Waals surface area contributed by atoms with Gasteiger partial charge in [-0.3, -0.25) is 4.79 Å². The summed E-state index contributed by atoms with van der Waals surface area (Å²) >= 11 is 12.5. The van der Waals surface area contributed by atoms with Crippen LogP contribution in [0.5, 0.6) is 0 Å². The second-order valence-electron chi connectivity index (χ2n) is 7.11.